The maximum atomic E-state index is 9.50. The summed E-state index contributed by atoms with van der Waals surface area (Å²) in [5, 5.41) is 9.93. The van der Waals surface area contributed by atoms with Crippen molar-refractivity contribution < 1.29 is 5.11 Å². The number of rotatable bonds is 3. The Hall–Kier alpha value is -1.85. The number of phenols is 1. The van der Waals surface area contributed by atoms with Gasteiger partial charge in [-0.3, -0.25) is 9.88 Å². The van der Waals surface area contributed by atoms with Crippen molar-refractivity contribution in [2.75, 3.05) is 31.1 Å². The third kappa shape index (κ3) is 3.62. The molecule has 1 aromatic carbocycles. The van der Waals surface area contributed by atoms with Crippen LogP contribution in [0.15, 0.2) is 36.7 Å². The number of anilines is 1. The molecule has 1 aromatic heterocycles. The molecule has 1 aliphatic heterocycles. The van der Waals surface area contributed by atoms with Crippen LogP contribution in [0.4, 0.5) is 5.82 Å². The molecular formula is C15H17ClN4O. The minimum Gasteiger partial charge on any atom is -0.508 e. The molecule has 6 heteroatoms. The normalized spacial score (nSPS) is 16.1. The molecule has 0 spiro atoms. The van der Waals surface area contributed by atoms with E-state index in [1.54, 1.807) is 18.5 Å². The summed E-state index contributed by atoms with van der Waals surface area (Å²) in [7, 11) is 0. The molecule has 2 aromatic rings. The number of aromatic nitrogens is 2. The number of piperazine rings is 1. The SMILES string of the molecule is Oc1cccc(CN2CCN(c3cncc(Cl)n3)CC2)c1. The van der Waals surface area contributed by atoms with Crippen molar-refractivity contribution in [2.45, 2.75) is 6.54 Å². The maximum Gasteiger partial charge on any atom is 0.149 e. The summed E-state index contributed by atoms with van der Waals surface area (Å²) in [6.45, 7) is 4.54. The first kappa shape index (κ1) is 14.1. The van der Waals surface area contributed by atoms with Crippen LogP contribution >= 0.6 is 11.6 Å². The highest BCUT2D eigenvalue weighted by Gasteiger charge is 2.18. The van der Waals surface area contributed by atoms with E-state index < -0.39 is 0 Å². The van der Waals surface area contributed by atoms with Crippen molar-refractivity contribution in [1.29, 1.82) is 0 Å². The van der Waals surface area contributed by atoms with Gasteiger partial charge in [-0.05, 0) is 17.7 Å². The molecule has 1 fully saturated rings. The van der Waals surface area contributed by atoms with Crippen molar-refractivity contribution in [1.82, 2.24) is 14.9 Å². The zero-order chi connectivity index (χ0) is 14.7. The Morgan fingerprint density at radius 2 is 1.95 bits per heavy atom. The minimum atomic E-state index is 0.320. The average Bonchev–Trinajstić information content (AvgIpc) is 2.48. The first-order valence-corrected chi connectivity index (χ1v) is 7.31. The molecule has 0 atom stereocenters. The highest BCUT2D eigenvalue weighted by atomic mass is 35.5. The molecule has 1 aliphatic rings. The van der Waals surface area contributed by atoms with E-state index in [1.165, 1.54) is 0 Å². The summed E-state index contributed by atoms with van der Waals surface area (Å²) in [6, 6.07) is 7.42. The van der Waals surface area contributed by atoms with Crippen LogP contribution in [0.1, 0.15) is 5.56 Å². The number of halogens is 1. The van der Waals surface area contributed by atoms with Crippen LogP contribution in [0.2, 0.25) is 5.15 Å². The number of phenolic OH excluding ortho intramolecular Hbond substituents is 1. The fourth-order valence-electron chi connectivity index (χ4n) is 2.53. The number of hydrogen-bond donors (Lipinski definition) is 1. The molecule has 0 saturated carbocycles. The lowest BCUT2D eigenvalue weighted by Gasteiger charge is -2.35. The molecular weight excluding hydrogens is 288 g/mol. The van der Waals surface area contributed by atoms with Crippen molar-refractivity contribution >= 4 is 17.4 Å². The van der Waals surface area contributed by atoms with Crippen LogP contribution in [0, 0.1) is 0 Å². The molecule has 1 saturated heterocycles. The van der Waals surface area contributed by atoms with Crippen LogP contribution in [0.5, 0.6) is 5.75 Å². The van der Waals surface area contributed by atoms with Crippen molar-refractivity contribution in [2.24, 2.45) is 0 Å². The largest absolute Gasteiger partial charge is 0.508 e. The van der Waals surface area contributed by atoms with E-state index in [0.717, 1.165) is 44.1 Å². The maximum absolute atomic E-state index is 9.50. The first-order chi connectivity index (χ1) is 10.2. The molecule has 0 aliphatic carbocycles. The van der Waals surface area contributed by atoms with Gasteiger partial charge in [0.15, 0.2) is 0 Å². The molecule has 1 N–H and O–H groups in total. The van der Waals surface area contributed by atoms with Crippen LogP contribution in [0.25, 0.3) is 0 Å². The van der Waals surface area contributed by atoms with Crippen molar-refractivity contribution in [3.63, 3.8) is 0 Å². The van der Waals surface area contributed by atoms with E-state index in [9.17, 15) is 5.11 Å². The monoisotopic (exact) mass is 304 g/mol. The predicted octanol–water partition coefficient (Wildman–Crippen LogP) is 2.16. The van der Waals surface area contributed by atoms with Gasteiger partial charge in [0.05, 0.1) is 12.4 Å². The van der Waals surface area contributed by atoms with Gasteiger partial charge in [-0.25, -0.2) is 4.98 Å². The summed E-state index contributed by atoms with van der Waals surface area (Å²) in [5.74, 6) is 1.15. The first-order valence-electron chi connectivity index (χ1n) is 6.93. The third-order valence-corrected chi connectivity index (χ3v) is 3.79. The van der Waals surface area contributed by atoms with E-state index in [1.807, 2.05) is 18.2 Å². The van der Waals surface area contributed by atoms with Crippen LogP contribution < -0.4 is 4.90 Å². The Labute approximate surface area is 128 Å². The third-order valence-electron chi connectivity index (χ3n) is 3.61. The van der Waals surface area contributed by atoms with Gasteiger partial charge in [-0.1, -0.05) is 23.7 Å². The van der Waals surface area contributed by atoms with Crippen LogP contribution in [-0.2, 0) is 6.54 Å². The second-order valence-electron chi connectivity index (χ2n) is 5.13. The zero-order valence-corrected chi connectivity index (χ0v) is 12.4. The van der Waals surface area contributed by atoms with Gasteiger partial charge >= 0.3 is 0 Å². The minimum absolute atomic E-state index is 0.320. The van der Waals surface area contributed by atoms with Crippen LogP contribution in [0.3, 0.4) is 0 Å². The zero-order valence-electron chi connectivity index (χ0n) is 11.6. The fraction of sp³-hybridized carbons (Fsp3) is 0.333. The summed E-state index contributed by atoms with van der Waals surface area (Å²) < 4.78 is 0. The Kier molecular flexibility index (Phi) is 4.22. The molecule has 5 nitrogen and oxygen atoms in total. The van der Waals surface area contributed by atoms with Gasteiger partial charge in [0.2, 0.25) is 0 Å². The predicted molar refractivity (Wildman–Crippen MR) is 82.6 cm³/mol. The van der Waals surface area contributed by atoms with E-state index in [-0.39, 0.29) is 0 Å². The standard InChI is InChI=1S/C15H17ClN4O/c16-14-9-17-10-15(18-14)20-6-4-19(5-7-20)11-12-2-1-3-13(21)8-12/h1-3,8-10,21H,4-7,11H2. The van der Waals surface area contributed by atoms with Gasteiger partial charge < -0.3 is 10.0 Å². The molecule has 0 bridgehead atoms. The van der Waals surface area contributed by atoms with Gasteiger partial charge in [-0.15, -0.1) is 0 Å². The van der Waals surface area contributed by atoms with Gasteiger partial charge in [0.1, 0.15) is 16.7 Å². The highest BCUT2D eigenvalue weighted by Crippen LogP contribution is 2.17. The lowest BCUT2D eigenvalue weighted by Crippen LogP contribution is -2.46. The van der Waals surface area contributed by atoms with Gasteiger partial charge in [0.25, 0.3) is 0 Å². The van der Waals surface area contributed by atoms with E-state index in [0.29, 0.717) is 10.9 Å². The Morgan fingerprint density at radius 1 is 1.14 bits per heavy atom. The highest BCUT2D eigenvalue weighted by molar-refractivity contribution is 6.29. The molecule has 0 amide bonds. The van der Waals surface area contributed by atoms with Crippen molar-refractivity contribution in [3.05, 3.63) is 47.4 Å². The molecule has 3 rings (SSSR count). The number of nitrogens with zero attached hydrogens (tertiary/aromatic N) is 4. The molecule has 0 radical (unpaired) electrons. The lowest BCUT2D eigenvalue weighted by atomic mass is 10.2. The number of hydrogen-bond acceptors (Lipinski definition) is 5. The Balaban J connectivity index is 1.58. The number of aromatic hydroxyl groups is 1. The lowest BCUT2D eigenvalue weighted by molar-refractivity contribution is 0.249. The summed E-state index contributed by atoms with van der Waals surface area (Å²) in [4.78, 5) is 12.9. The molecule has 110 valence electrons. The summed E-state index contributed by atoms with van der Waals surface area (Å²) in [6.07, 6.45) is 3.29. The Morgan fingerprint density at radius 3 is 2.67 bits per heavy atom. The molecule has 21 heavy (non-hydrogen) atoms. The van der Waals surface area contributed by atoms with E-state index >= 15 is 0 Å². The van der Waals surface area contributed by atoms with Crippen molar-refractivity contribution in [3.8, 4) is 5.75 Å². The second kappa shape index (κ2) is 6.28. The van der Waals surface area contributed by atoms with Gasteiger partial charge in [-0.2, -0.15) is 0 Å². The molecule has 2 heterocycles. The molecule has 0 unspecified atom stereocenters. The van der Waals surface area contributed by atoms with Crippen LogP contribution in [-0.4, -0.2) is 46.2 Å². The quantitative estimate of drug-likeness (QED) is 0.942. The second-order valence-corrected chi connectivity index (χ2v) is 5.52. The Bertz CT molecular complexity index is 614. The topological polar surface area (TPSA) is 52.5 Å². The number of benzene rings is 1. The van der Waals surface area contributed by atoms with E-state index in [4.69, 9.17) is 11.6 Å². The summed E-state index contributed by atoms with van der Waals surface area (Å²) in [5.41, 5.74) is 1.13. The van der Waals surface area contributed by atoms with Gasteiger partial charge in [0, 0.05) is 32.7 Å². The smallest absolute Gasteiger partial charge is 0.149 e. The average molecular weight is 305 g/mol. The fourth-order valence-corrected chi connectivity index (χ4v) is 2.68. The van der Waals surface area contributed by atoms with E-state index in [2.05, 4.69) is 19.8 Å². The summed E-state index contributed by atoms with van der Waals surface area (Å²) >= 11 is 5.88.